The predicted molar refractivity (Wildman–Crippen MR) is 81.3 cm³/mol. The lowest BCUT2D eigenvalue weighted by atomic mass is 10.3. The van der Waals surface area contributed by atoms with Gasteiger partial charge in [-0.25, -0.2) is 4.98 Å². The second kappa shape index (κ2) is 5.85. The Labute approximate surface area is 128 Å². The molecule has 7 heteroatoms. The molecule has 22 heavy (non-hydrogen) atoms. The SMILES string of the molecule is CC(=O)Nc1ccn([C@H]2CCN(c3cccc(C#N)n3)C2)n1. The molecular formula is C15H16N6O. The molecule has 0 aromatic carbocycles. The maximum Gasteiger partial charge on any atom is 0.222 e. The quantitative estimate of drug-likeness (QED) is 0.928. The molecule has 0 saturated carbocycles. The van der Waals surface area contributed by atoms with Gasteiger partial charge < -0.3 is 10.2 Å². The van der Waals surface area contributed by atoms with Crippen molar-refractivity contribution >= 4 is 17.5 Å². The third kappa shape index (κ3) is 2.91. The lowest BCUT2D eigenvalue weighted by Gasteiger charge is -2.17. The number of hydrogen-bond acceptors (Lipinski definition) is 5. The second-order valence-electron chi connectivity index (χ2n) is 5.24. The van der Waals surface area contributed by atoms with Gasteiger partial charge in [0, 0.05) is 32.3 Å². The monoisotopic (exact) mass is 296 g/mol. The predicted octanol–water partition coefficient (Wildman–Crippen LogP) is 1.56. The van der Waals surface area contributed by atoms with Crippen LogP contribution in [0.2, 0.25) is 0 Å². The van der Waals surface area contributed by atoms with E-state index in [1.807, 2.05) is 23.0 Å². The fourth-order valence-electron chi connectivity index (χ4n) is 2.62. The Morgan fingerprint density at radius 1 is 1.45 bits per heavy atom. The molecule has 112 valence electrons. The van der Waals surface area contributed by atoms with E-state index in [-0.39, 0.29) is 11.9 Å². The molecule has 1 aliphatic heterocycles. The van der Waals surface area contributed by atoms with Crippen LogP contribution in [-0.2, 0) is 4.79 Å². The second-order valence-corrected chi connectivity index (χ2v) is 5.24. The van der Waals surface area contributed by atoms with E-state index in [9.17, 15) is 4.79 Å². The van der Waals surface area contributed by atoms with Crippen LogP contribution in [0.4, 0.5) is 11.6 Å². The van der Waals surface area contributed by atoms with Crippen molar-refractivity contribution in [3.8, 4) is 6.07 Å². The summed E-state index contributed by atoms with van der Waals surface area (Å²) in [5.74, 6) is 1.25. The number of nitriles is 1. The van der Waals surface area contributed by atoms with Crippen molar-refractivity contribution in [2.75, 3.05) is 23.3 Å². The van der Waals surface area contributed by atoms with Crippen LogP contribution < -0.4 is 10.2 Å². The van der Waals surface area contributed by atoms with Crippen molar-refractivity contribution in [3.05, 3.63) is 36.2 Å². The van der Waals surface area contributed by atoms with Crippen LogP contribution in [0.5, 0.6) is 0 Å². The number of rotatable bonds is 3. The van der Waals surface area contributed by atoms with Crippen LogP contribution in [0, 0.1) is 11.3 Å². The minimum absolute atomic E-state index is 0.129. The smallest absolute Gasteiger partial charge is 0.222 e. The summed E-state index contributed by atoms with van der Waals surface area (Å²) in [6, 6.07) is 9.54. The minimum Gasteiger partial charge on any atom is -0.354 e. The number of aromatic nitrogens is 3. The highest BCUT2D eigenvalue weighted by molar-refractivity contribution is 5.87. The largest absolute Gasteiger partial charge is 0.354 e. The van der Waals surface area contributed by atoms with E-state index in [0.717, 1.165) is 25.3 Å². The molecule has 0 spiro atoms. The summed E-state index contributed by atoms with van der Waals surface area (Å²) in [6.45, 7) is 3.11. The number of carbonyl (C=O) groups is 1. The summed E-state index contributed by atoms with van der Waals surface area (Å²) in [7, 11) is 0. The zero-order valence-corrected chi connectivity index (χ0v) is 12.2. The van der Waals surface area contributed by atoms with Crippen molar-refractivity contribution in [2.45, 2.75) is 19.4 Å². The van der Waals surface area contributed by atoms with E-state index < -0.39 is 0 Å². The summed E-state index contributed by atoms with van der Waals surface area (Å²) in [5, 5.41) is 16.0. The minimum atomic E-state index is -0.129. The van der Waals surface area contributed by atoms with Gasteiger partial charge in [0.25, 0.3) is 0 Å². The molecular weight excluding hydrogens is 280 g/mol. The van der Waals surface area contributed by atoms with Crippen LogP contribution in [0.3, 0.4) is 0 Å². The molecule has 0 unspecified atom stereocenters. The van der Waals surface area contributed by atoms with E-state index in [1.165, 1.54) is 6.92 Å². The number of anilines is 2. The first-order valence-electron chi connectivity index (χ1n) is 7.10. The van der Waals surface area contributed by atoms with Gasteiger partial charge in [-0.15, -0.1) is 0 Å². The zero-order valence-electron chi connectivity index (χ0n) is 12.2. The Morgan fingerprint density at radius 3 is 3.09 bits per heavy atom. The third-order valence-corrected chi connectivity index (χ3v) is 3.62. The Kier molecular flexibility index (Phi) is 3.74. The van der Waals surface area contributed by atoms with Gasteiger partial charge >= 0.3 is 0 Å². The van der Waals surface area contributed by atoms with Crippen LogP contribution in [0.15, 0.2) is 30.5 Å². The lowest BCUT2D eigenvalue weighted by Crippen LogP contribution is -2.22. The van der Waals surface area contributed by atoms with Gasteiger partial charge in [-0.2, -0.15) is 10.4 Å². The lowest BCUT2D eigenvalue weighted by molar-refractivity contribution is -0.114. The average Bonchev–Trinajstić information content (AvgIpc) is 3.15. The Balaban J connectivity index is 1.70. The fourth-order valence-corrected chi connectivity index (χ4v) is 2.62. The molecule has 1 amide bonds. The highest BCUT2D eigenvalue weighted by Gasteiger charge is 2.25. The van der Waals surface area contributed by atoms with Gasteiger partial charge in [-0.05, 0) is 18.6 Å². The number of hydrogen-bond donors (Lipinski definition) is 1. The summed E-state index contributed by atoms with van der Waals surface area (Å²) in [4.78, 5) is 17.5. The van der Waals surface area contributed by atoms with Crippen LogP contribution in [0.1, 0.15) is 25.1 Å². The first-order chi connectivity index (χ1) is 10.7. The summed E-state index contributed by atoms with van der Waals surface area (Å²) >= 11 is 0. The van der Waals surface area contributed by atoms with Gasteiger partial charge in [-0.1, -0.05) is 6.07 Å². The molecule has 1 atom stereocenters. The number of pyridine rings is 1. The van der Waals surface area contributed by atoms with Crippen molar-refractivity contribution in [2.24, 2.45) is 0 Å². The number of amides is 1. The normalized spacial score (nSPS) is 17.3. The molecule has 1 fully saturated rings. The fraction of sp³-hybridized carbons (Fsp3) is 0.333. The topological polar surface area (TPSA) is 86.8 Å². The standard InChI is InChI=1S/C15H16N6O/c1-11(22)17-14-6-8-21(19-14)13-5-7-20(10-13)15-4-2-3-12(9-16)18-15/h2-4,6,8,13H,5,7,10H2,1H3,(H,17,19,22)/t13-/m0/s1. The molecule has 2 aromatic heterocycles. The average molecular weight is 296 g/mol. The highest BCUT2D eigenvalue weighted by Crippen LogP contribution is 2.25. The molecule has 0 radical (unpaired) electrons. The van der Waals surface area contributed by atoms with Gasteiger partial charge in [0.2, 0.25) is 5.91 Å². The summed E-state index contributed by atoms with van der Waals surface area (Å²) < 4.78 is 1.87. The molecule has 1 saturated heterocycles. The Morgan fingerprint density at radius 2 is 2.32 bits per heavy atom. The van der Waals surface area contributed by atoms with Gasteiger partial charge in [-0.3, -0.25) is 9.48 Å². The summed E-state index contributed by atoms with van der Waals surface area (Å²) in [6.07, 6.45) is 2.82. The van der Waals surface area contributed by atoms with E-state index in [2.05, 4.69) is 26.4 Å². The van der Waals surface area contributed by atoms with Crippen LogP contribution >= 0.6 is 0 Å². The van der Waals surface area contributed by atoms with Gasteiger partial charge in [0.15, 0.2) is 5.82 Å². The van der Waals surface area contributed by atoms with Crippen LogP contribution in [-0.4, -0.2) is 33.8 Å². The maximum atomic E-state index is 11.0. The van der Waals surface area contributed by atoms with Gasteiger partial charge in [0.05, 0.1) is 6.04 Å². The van der Waals surface area contributed by atoms with Crippen molar-refractivity contribution in [1.82, 2.24) is 14.8 Å². The maximum absolute atomic E-state index is 11.0. The van der Waals surface area contributed by atoms with E-state index in [4.69, 9.17) is 5.26 Å². The van der Waals surface area contributed by atoms with Crippen molar-refractivity contribution in [1.29, 1.82) is 5.26 Å². The first-order valence-corrected chi connectivity index (χ1v) is 7.10. The highest BCUT2D eigenvalue weighted by atomic mass is 16.1. The Hall–Kier alpha value is -2.88. The number of nitrogens with zero attached hydrogens (tertiary/aromatic N) is 5. The molecule has 1 N–H and O–H groups in total. The molecule has 0 bridgehead atoms. The third-order valence-electron chi connectivity index (χ3n) is 3.62. The molecule has 1 aliphatic rings. The molecule has 3 heterocycles. The zero-order chi connectivity index (χ0) is 15.5. The van der Waals surface area contributed by atoms with E-state index >= 15 is 0 Å². The van der Waals surface area contributed by atoms with Crippen molar-refractivity contribution < 1.29 is 4.79 Å². The molecule has 0 aliphatic carbocycles. The first kappa shape index (κ1) is 14.1. The van der Waals surface area contributed by atoms with E-state index in [1.54, 1.807) is 12.1 Å². The molecule has 3 rings (SSSR count). The van der Waals surface area contributed by atoms with Crippen molar-refractivity contribution in [3.63, 3.8) is 0 Å². The van der Waals surface area contributed by atoms with Crippen LogP contribution in [0.25, 0.3) is 0 Å². The molecule has 7 nitrogen and oxygen atoms in total. The number of carbonyl (C=O) groups excluding carboxylic acids is 1. The Bertz CT molecular complexity index is 732. The van der Waals surface area contributed by atoms with E-state index in [0.29, 0.717) is 11.5 Å². The number of nitrogens with one attached hydrogen (secondary N) is 1. The van der Waals surface area contributed by atoms with Gasteiger partial charge in [0.1, 0.15) is 17.6 Å². The molecule has 2 aromatic rings. The summed E-state index contributed by atoms with van der Waals surface area (Å²) in [5.41, 5.74) is 0.424.